The van der Waals surface area contributed by atoms with E-state index in [2.05, 4.69) is 9.89 Å². The van der Waals surface area contributed by atoms with Gasteiger partial charge in [-0.15, -0.1) is 0 Å². The number of hydrogen-bond donors (Lipinski definition) is 0. The van der Waals surface area contributed by atoms with Gasteiger partial charge in [-0.3, -0.25) is 19.9 Å². The van der Waals surface area contributed by atoms with Crippen LogP contribution in [0.3, 0.4) is 0 Å². The summed E-state index contributed by atoms with van der Waals surface area (Å²) >= 11 is 0. The molecule has 0 saturated carbocycles. The van der Waals surface area contributed by atoms with E-state index in [9.17, 15) is 19.7 Å². The number of allylic oxidation sites excluding steroid dienone is 1. The molecular weight excluding hydrogens is 414 g/mol. The van der Waals surface area contributed by atoms with Crippen LogP contribution < -0.4 is 0 Å². The van der Waals surface area contributed by atoms with Crippen molar-refractivity contribution in [2.24, 2.45) is 10.9 Å². The van der Waals surface area contributed by atoms with Crippen LogP contribution in [-0.2, 0) is 19.1 Å². The highest BCUT2D eigenvalue weighted by molar-refractivity contribution is 6.07. The molecule has 0 radical (unpaired) electrons. The fourth-order valence-electron chi connectivity index (χ4n) is 4.46. The largest absolute Gasteiger partial charge is 0.465 e. The van der Waals surface area contributed by atoms with Gasteiger partial charge < -0.3 is 14.4 Å². The number of likely N-dealkylation sites (N-methyl/N-ethyl adjacent to an activating group) is 1. The Bertz CT molecular complexity index is 970. The number of hydrogen-bond acceptors (Lipinski definition) is 8. The normalized spacial score (nSPS) is 24.0. The maximum atomic E-state index is 13.4. The van der Waals surface area contributed by atoms with Crippen LogP contribution in [0, 0.1) is 16.0 Å². The molecule has 0 spiro atoms. The maximum Gasteiger partial charge on any atom is 0.336 e. The van der Waals surface area contributed by atoms with Crippen molar-refractivity contribution >= 4 is 23.3 Å². The molecular formula is C23H29N3O6. The Labute approximate surface area is 187 Å². The van der Waals surface area contributed by atoms with Gasteiger partial charge in [-0.05, 0) is 52.8 Å². The maximum absolute atomic E-state index is 13.4. The van der Waals surface area contributed by atoms with E-state index in [1.54, 1.807) is 32.9 Å². The molecule has 9 nitrogen and oxygen atoms in total. The highest BCUT2D eigenvalue weighted by atomic mass is 16.6. The third kappa shape index (κ3) is 5.04. The lowest BCUT2D eigenvalue weighted by Crippen LogP contribution is -2.40. The van der Waals surface area contributed by atoms with Gasteiger partial charge in [0.15, 0.2) is 0 Å². The number of nitro groups is 1. The van der Waals surface area contributed by atoms with Gasteiger partial charge in [0.25, 0.3) is 5.69 Å². The van der Waals surface area contributed by atoms with Crippen LogP contribution in [0.4, 0.5) is 5.69 Å². The number of non-ortho nitro benzene ring substituents is 1. The number of aliphatic imine (C=N–C) groups is 1. The van der Waals surface area contributed by atoms with Gasteiger partial charge in [-0.1, -0.05) is 12.1 Å². The molecule has 1 unspecified atom stereocenters. The summed E-state index contributed by atoms with van der Waals surface area (Å²) in [7, 11) is 1.97. The molecule has 0 aromatic heterocycles. The Balaban J connectivity index is 2.05. The highest BCUT2D eigenvalue weighted by Gasteiger charge is 2.43. The van der Waals surface area contributed by atoms with Gasteiger partial charge in [-0.25, -0.2) is 4.79 Å². The molecule has 2 aliphatic rings. The molecule has 32 heavy (non-hydrogen) atoms. The second-order valence-electron chi connectivity index (χ2n) is 8.24. The van der Waals surface area contributed by atoms with Crippen LogP contribution in [0.25, 0.3) is 0 Å². The summed E-state index contributed by atoms with van der Waals surface area (Å²) in [4.78, 5) is 43.7. The van der Waals surface area contributed by atoms with Crippen molar-refractivity contribution in [1.29, 1.82) is 0 Å². The molecule has 3 rings (SSSR count). The summed E-state index contributed by atoms with van der Waals surface area (Å²) in [5.74, 6) is -2.75. The minimum atomic E-state index is -0.878. The lowest BCUT2D eigenvalue weighted by Gasteiger charge is -2.33. The molecule has 172 valence electrons. The quantitative estimate of drug-likeness (QED) is 0.377. The van der Waals surface area contributed by atoms with E-state index < -0.39 is 28.7 Å². The van der Waals surface area contributed by atoms with Gasteiger partial charge in [-0.2, -0.15) is 0 Å². The topological polar surface area (TPSA) is 111 Å². The van der Waals surface area contributed by atoms with Crippen molar-refractivity contribution in [2.75, 3.05) is 26.7 Å². The van der Waals surface area contributed by atoms with Crippen LogP contribution in [-0.4, -0.2) is 60.3 Å². The third-order valence-electron chi connectivity index (χ3n) is 5.88. The highest BCUT2D eigenvalue weighted by Crippen LogP contribution is 2.41. The standard InChI is InChI=1S/C23H29N3O6/c1-5-31-22(27)19-14(2)24-15(3)20(23(28)32-18-10-7-11-25(4)13-18)21(19)16-8-6-9-17(12-16)26(29)30/h6,8-9,12,18-19,21H,5,7,10-11,13H2,1-4H3/t18-,19?,21+/m0/s1. The first-order valence-corrected chi connectivity index (χ1v) is 10.8. The summed E-state index contributed by atoms with van der Waals surface area (Å²) in [5.41, 5.74) is 1.52. The number of likely N-dealkylation sites (tertiary alicyclic amines) is 1. The van der Waals surface area contributed by atoms with E-state index in [4.69, 9.17) is 9.47 Å². The predicted molar refractivity (Wildman–Crippen MR) is 118 cm³/mol. The molecule has 1 aromatic carbocycles. The molecule has 1 aromatic rings. The Morgan fingerprint density at radius 2 is 2.06 bits per heavy atom. The Hall–Kier alpha value is -3.07. The number of piperidine rings is 1. The van der Waals surface area contributed by atoms with Crippen LogP contribution in [0.1, 0.15) is 45.1 Å². The van der Waals surface area contributed by atoms with E-state index >= 15 is 0 Å². The van der Waals surface area contributed by atoms with Crippen molar-refractivity contribution in [3.63, 3.8) is 0 Å². The van der Waals surface area contributed by atoms with Crippen molar-refractivity contribution < 1.29 is 24.0 Å². The zero-order valence-electron chi connectivity index (χ0n) is 18.9. The Kier molecular flexibility index (Phi) is 7.40. The molecule has 3 atom stereocenters. The minimum absolute atomic E-state index is 0.121. The SMILES string of the molecule is CCOC(=O)C1C(C)=NC(C)=C(C(=O)O[C@H]2CCCN(C)C2)[C@@H]1c1cccc([N+](=O)[O-])c1. The molecule has 0 aliphatic carbocycles. The first-order chi connectivity index (χ1) is 15.2. The smallest absolute Gasteiger partial charge is 0.336 e. The average molecular weight is 444 g/mol. The zero-order chi connectivity index (χ0) is 23.4. The first-order valence-electron chi connectivity index (χ1n) is 10.8. The number of carbonyl (C=O) groups is 2. The molecule has 2 heterocycles. The van der Waals surface area contributed by atoms with E-state index in [-0.39, 0.29) is 24.0 Å². The summed E-state index contributed by atoms with van der Waals surface area (Å²) < 4.78 is 11.1. The molecule has 1 fully saturated rings. The first kappa shape index (κ1) is 23.6. The van der Waals surface area contributed by atoms with Crippen molar-refractivity contribution in [3.05, 3.63) is 51.2 Å². The van der Waals surface area contributed by atoms with Crippen molar-refractivity contribution in [3.8, 4) is 0 Å². The molecule has 1 saturated heterocycles. The van der Waals surface area contributed by atoms with E-state index in [0.717, 1.165) is 19.4 Å². The number of carbonyl (C=O) groups excluding carboxylic acids is 2. The number of nitrogens with zero attached hydrogens (tertiary/aromatic N) is 3. The van der Waals surface area contributed by atoms with E-state index in [1.165, 1.54) is 12.1 Å². The number of rotatable bonds is 6. The Morgan fingerprint density at radius 3 is 2.72 bits per heavy atom. The summed E-state index contributed by atoms with van der Waals surface area (Å²) in [6.45, 7) is 6.84. The molecule has 0 amide bonds. The lowest BCUT2D eigenvalue weighted by molar-refractivity contribution is -0.384. The van der Waals surface area contributed by atoms with Gasteiger partial charge in [0.05, 0.1) is 17.1 Å². The van der Waals surface area contributed by atoms with Crippen molar-refractivity contribution in [1.82, 2.24) is 4.90 Å². The molecule has 9 heteroatoms. The second kappa shape index (κ2) is 10.0. The molecule has 2 aliphatic heterocycles. The monoisotopic (exact) mass is 443 g/mol. The third-order valence-corrected chi connectivity index (χ3v) is 5.88. The van der Waals surface area contributed by atoms with Crippen LogP contribution in [0.5, 0.6) is 0 Å². The van der Waals surface area contributed by atoms with E-state index in [1.807, 2.05) is 7.05 Å². The fraction of sp³-hybridized carbons (Fsp3) is 0.522. The summed E-state index contributed by atoms with van der Waals surface area (Å²) in [6, 6.07) is 5.99. The minimum Gasteiger partial charge on any atom is -0.465 e. The number of benzene rings is 1. The zero-order valence-corrected chi connectivity index (χ0v) is 18.9. The summed E-state index contributed by atoms with van der Waals surface area (Å²) in [6.07, 6.45) is 1.41. The molecule has 0 N–H and O–H groups in total. The van der Waals surface area contributed by atoms with Gasteiger partial charge in [0.2, 0.25) is 0 Å². The van der Waals surface area contributed by atoms with E-state index in [0.29, 0.717) is 23.5 Å². The van der Waals surface area contributed by atoms with Crippen molar-refractivity contribution in [2.45, 2.75) is 45.6 Å². The van der Waals surface area contributed by atoms with Gasteiger partial charge >= 0.3 is 11.9 Å². The van der Waals surface area contributed by atoms with Gasteiger partial charge in [0, 0.05) is 36.0 Å². The summed E-state index contributed by atoms with van der Waals surface area (Å²) in [5, 5.41) is 11.4. The fourth-order valence-corrected chi connectivity index (χ4v) is 4.46. The predicted octanol–water partition coefficient (Wildman–Crippen LogP) is 3.24. The van der Waals surface area contributed by atoms with Crippen LogP contribution >= 0.6 is 0 Å². The number of esters is 2. The van der Waals surface area contributed by atoms with Crippen LogP contribution in [0.15, 0.2) is 40.5 Å². The number of ether oxygens (including phenoxy) is 2. The average Bonchev–Trinajstić information content (AvgIpc) is 2.73. The second-order valence-corrected chi connectivity index (χ2v) is 8.24. The Morgan fingerprint density at radius 1 is 1.31 bits per heavy atom. The lowest BCUT2D eigenvalue weighted by atomic mass is 9.75. The van der Waals surface area contributed by atoms with Crippen LogP contribution in [0.2, 0.25) is 0 Å². The molecule has 0 bridgehead atoms. The van der Waals surface area contributed by atoms with Gasteiger partial charge in [0.1, 0.15) is 12.0 Å². The number of nitro benzene ring substituents is 1.